The number of H-pyrrole nitrogens is 1. The predicted octanol–water partition coefficient (Wildman–Crippen LogP) is 4.49. The van der Waals surface area contributed by atoms with Gasteiger partial charge in [0.1, 0.15) is 11.5 Å². The van der Waals surface area contributed by atoms with Crippen LogP contribution in [-0.4, -0.2) is 75.6 Å². The fraction of sp³-hybridized carbons (Fsp3) is 0.452. The molecule has 2 N–H and O–H groups in total. The molecule has 0 spiro atoms. The molecule has 6 rings (SSSR count). The number of likely N-dealkylation sites (tertiary alicyclic amines) is 1. The van der Waals surface area contributed by atoms with E-state index in [0.717, 1.165) is 105 Å². The Morgan fingerprint density at radius 3 is 2.69 bits per heavy atom. The van der Waals surface area contributed by atoms with Gasteiger partial charge in [0.05, 0.1) is 18.9 Å². The monoisotopic (exact) mass is 530 g/mol. The first-order valence-electron chi connectivity index (χ1n) is 14.1. The largest absolute Gasteiger partial charge is 0.456 e. The minimum absolute atomic E-state index is 0.112. The van der Waals surface area contributed by atoms with Crippen LogP contribution in [-0.2, 0) is 15.9 Å². The molecule has 0 aliphatic carbocycles. The molecule has 3 aliphatic rings. The van der Waals surface area contributed by atoms with Crippen LogP contribution in [0.25, 0.3) is 11.3 Å². The van der Waals surface area contributed by atoms with E-state index < -0.39 is 0 Å². The SMILES string of the molecule is COCCCN1CCC(Nc2ccc3c(c2)Cc2cccc(-c4cc(N5CCOCC5)cc(=O)[nH]4)c2O3)CC1. The molecule has 2 fully saturated rings. The van der Waals surface area contributed by atoms with Gasteiger partial charge in [-0.3, -0.25) is 4.79 Å². The van der Waals surface area contributed by atoms with Crippen LogP contribution in [0.2, 0.25) is 0 Å². The summed E-state index contributed by atoms with van der Waals surface area (Å²) in [5, 5.41) is 3.76. The Hall–Kier alpha value is -3.33. The van der Waals surface area contributed by atoms with Crippen LogP contribution >= 0.6 is 0 Å². The number of rotatable bonds is 8. The smallest absolute Gasteiger partial charge is 0.250 e. The van der Waals surface area contributed by atoms with Crippen LogP contribution in [0.3, 0.4) is 0 Å². The number of fused-ring (bicyclic) bond motifs is 2. The molecule has 1 aromatic heterocycles. The number of hydrogen-bond acceptors (Lipinski definition) is 7. The van der Waals surface area contributed by atoms with Crippen LogP contribution in [0.15, 0.2) is 53.3 Å². The van der Waals surface area contributed by atoms with Gasteiger partial charge >= 0.3 is 0 Å². The number of benzene rings is 2. The summed E-state index contributed by atoms with van der Waals surface area (Å²) in [5.41, 5.74) is 5.94. The molecule has 3 aliphatic heterocycles. The molecule has 0 amide bonds. The molecule has 0 atom stereocenters. The van der Waals surface area contributed by atoms with E-state index in [2.05, 4.69) is 50.4 Å². The van der Waals surface area contributed by atoms with Crippen molar-refractivity contribution in [1.82, 2.24) is 9.88 Å². The number of para-hydroxylation sites is 1. The van der Waals surface area contributed by atoms with E-state index >= 15 is 0 Å². The highest BCUT2D eigenvalue weighted by Gasteiger charge is 2.24. The summed E-state index contributed by atoms with van der Waals surface area (Å²) < 4.78 is 17.2. The van der Waals surface area contributed by atoms with E-state index in [-0.39, 0.29) is 5.56 Å². The van der Waals surface area contributed by atoms with Crippen LogP contribution in [0.5, 0.6) is 11.5 Å². The fourth-order valence-corrected chi connectivity index (χ4v) is 5.93. The zero-order valence-electron chi connectivity index (χ0n) is 22.7. The van der Waals surface area contributed by atoms with Crippen molar-refractivity contribution in [3.05, 3.63) is 70.0 Å². The van der Waals surface area contributed by atoms with Crippen molar-refractivity contribution in [2.75, 3.05) is 69.9 Å². The molecular weight excluding hydrogens is 492 g/mol. The number of pyridine rings is 1. The van der Waals surface area contributed by atoms with Gasteiger partial charge in [-0.1, -0.05) is 12.1 Å². The summed E-state index contributed by atoms with van der Waals surface area (Å²) in [7, 11) is 1.77. The van der Waals surface area contributed by atoms with Crippen molar-refractivity contribution >= 4 is 11.4 Å². The van der Waals surface area contributed by atoms with E-state index in [1.165, 1.54) is 5.56 Å². The maximum absolute atomic E-state index is 12.6. The average Bonchev–Trinajstić information content (AvgIpc) is 2.97. The molecule has 4 heterocycles. The number of hydrogen-bond donors (Lipinski definition) is 2. The fourth-order valence-electron chi connectivity index (χ4n) is 5.93. The maximum Gasteiger partial charge on any atom is 0.250 e. The van der Waals surface area contributed by atoms with Gasteiger partial charge in [-0.2, -0.15) is 0 Å². The molecule has 0 unspecified atom stereocenters. The van der Waals surface area contributed by atoms with Crippen LogP contribution in [0.1, 0.15) is 30.4 Å². The number of anilines is 2. The Labute approximate surface area is 229 Å². The van der Waals surface area contributed by atoms with Gasteiger partial charge in [0.2, 0.25) is 5.56 Å². The zero-order chi connectivity index (χ0) is 26.6. The third kappa shape index (κ3) is 5.98. The number of methoxy groups -OCH3 is 1. The molecule has 0 saturated carbocycles. The first-order valence-corrected chi connectivity index (χ1v) is 14.1. The Kier molecular flexibility index (Phi) is 7.85. The second-order valence-electron chi connectivity index (χ2n) is 10.7. The van der Waals surface area contributed by atoms with Gasteiger partial charge in [0, 0.05) is 87.5 Å². The highest BCUT2D eigenvalue weighted by atomic mass is 16.5. The minimum Gasteiger partial charge on any atom is -0.456 e. The molecule has 0 radical (unpaired) electrons. The first kappa shape index (κ1) is 25.9. The summed E-state index contributed by atoms with van der Waals surface area (Å²) in [5.74, 6) is 1.70. The number of aromatic amines is 1. The summed E-state index contributed by atoms with van der Waals surface area (Å²) in [6.45, 7) is 7.11. The Balaban J connectivity index is 1.16. The van der Waals surface area contributed by atoms with Crippen LogP contribution in [0, 0.1) is 0 Å². The van der Waals surface area contributed by atoms with Gasteiger partial charge < -0.3 is 34.3 Å². The molecule has 8 heteroatoms. The van der Waals surface area contributed by atoms with Crippen molar-refractivity contribution in [1.29, 1.82) is 0 Å². The van der Waals surface area contributed by atoms with Crippen molar-refractivity contribution in [2.45, 2.75) is 31.7 Å². The lowest BCUT2D eigenvalue weighted by molar-refractivity contribution is 0.122. The lowest BCUT2D eigenvalue weighted by Crippen LogP contribution is -2.39. The normalized spacial score (nSPS) is 17.8. The highest BCUT2D eigenvalue weighted by molar-refractivity contribution is 5.74. The summed E-state index contributed by atoms with van der Waals surface area (Å²) in [6.07, 6.45) is 4.18. The molecule has 2 aromatic carbocycles. The lowest BCUT2D eigenvalue weighted by Gasteiger charge is -2.33. The lowest BCUT2D eigenvalue weighted by atomic mass is 9.96. The molecule has 39 heavy (non-hydrogen) atoms. The van der Waals surface area contributed by atoms with Crippen LogP contribution in [0.4, 0.5) is 11.4 Å². The number of aromatic nitrogens is 1. The molecule has 206 valence electrons. The van der Waals surface area contributed by atoms with Crippen molar-refractivity contribution in [3.8, 4) is 22.8 Å². The number of piperidine rings is 1. The van der Waals surface area contributed by atoms with E-state index in [0.29, 0.717) is 19.3 Å². The maximum atomic E-state index is 12.6. The molecule has 0 bridgehead atoms. The topological polar surface area (TPSA) is 79.1 Å². The Morgan fingerprint density at radius 1 is 1.03 bits per heavy atom. The Bertz CT molecular complexity index is 1340. The number of ether oxygens (including phenoxy) is 3. The number of nitrogens with zero attached hydrogens (tertiary/aromatic N) is 2. The summed E-state index contributed by atoms with van der Waals surface area (Å²) >= 11 is 0. The second kappa shape index (κ2) is 11.8. The van der Waals surface area contributed by atoms with E-state index in [1.54, 1.807) is 13.2 Å². The van der Waals surface area contributed by atoms with Crippen molar-refractivity contribution < 1.29 is 14.2 Å². The number of nitrogens with one attached hydrogen (secondary N) is 2. The average molecular weight is 531 g/mol. The molecular formula is C31H38N4O4. The van der Waals surface area contributed by atoms with Gasteiger partial charge in [-0.15, -0.1) is 0 Å². The van der Waals surface area contributed by atoms with Gasteiger partial charge in [-0.05, 0) is 55.2 Å². The zero-order valence-corrected chi connectivity index (χ0v) is 22.7. The number of morpholine rings is 1. The molecule has 3 aromatic rings. The van der Waals surface area contributed by atoms with Gasteiger partial charge in [0.25, 0.3) is 0 Å². The van der Waals surface area contributed by atoms with Crippen LogP contribution < -0.4 is 20.5 Å². The predicted molar refractivity (Wildman–Crippen MR) is 154 cm³/mol. The Morgan fingerprint density at radius 2 is 1.87 bits per heavy atom. The molecule has 8 nitrogen and oxygen atoms in total. The van der Waals surface area contributed by atoms with Crippen molar-refractivity contribution in [3.63, 3.8) is 0 Å². The minimum atomic E-state index is -0.112. The first-order chi connectivity index (χ1) is 19.2. The van der Waals surface area contributed by atoms with E-state index in [1.807, 2.05) is 12.1 Å². The molecule has 2 saturated heterocycles. The van der Waals surface area contributed by atoms with Crippen molar-refractivity contribution in [2.24, 2.45) is 0 Å². The third-order valence-corrected chi connectivity index (χ3v) is 8.03. The third-order valence-electron chi connectivity index (χ3n) is 8.03. The summed E-state index contributed by atoms with van der Waals surface area (Å²) in [4.78, 5) is 20.4. The standard InChI is InChI=1S/C31H38N4O4/c1-37-15-3-10-34-11-8-24(9-12-34)32-25-6-7-29-23(19-25)18-22-4-2-5-27(31(22)39-29)28-20-26(21-30(36)33-28)35-13-16-38-17-14-35/h2,4-7,19-21,24,32H,3,8-18H2,1H3,(H,33,36). The van der Waals surface area contributed by atoms with Gasteiger partial charge in [-0.25, -0.2) is 0 Å². The second-order valence-corrected chi connectivity index (χ2v) is 10.7. The summed E-state index contributed by atoms with van der Waals surface area (Å²) in [6, 6.07) is 16.8. The highest BCUT2D eigenvalue weighted by Crippen LogP contribution is 2.43. The van der Waals surface area contributed by atoms with E-state index in [4.69, 9.17) is 14.2 Å². The van der Waals surface area contributed by atoms with E-state index in [9.17, 15) is 4.79 Å². The quantitative estimate of drug-likeness (QED) is 0.325. The van der Waals surface area contributed by atoms with Gasteiger partial charge in [0.15, 0.2) is 0 Å².